The molecule has 3 aromatic rings. The third kappa shape index (κ3) is 7.76. The SMILES string of the molecule is O=C(N/N=C\c1ccc(OCc2ccccc2)cc1)C(=O)Nc1ccccc1C(=O)NC1CCCCC1. The van der Waals surface area contributed by atoms with E-state index in [9.17, 15) is 14.4 Å². The summed E-state index contributed by atoms with van der Waals surface area (Å²) in [6, 6.07) is 23.8. The summed E-state index contributed by atoms with van der Waals surface area (Å²) in [7, 11) is 0. The van der Waals surface area contributed by atoms with Crippen LogP contribution in [0.2, 0.25) is 0 Å². The maximum atomic E-state index is 12.8. The largest absolute Gasteiger partial charge is 0.489 e. The lowest BCUT2D eigenvalue weighted by Crippen LogP contribution is -2.37. The lowest BCUT2D eigenvalue weighted by Gasteiger charge is -2.23. The van der Waals surface area contributed by atoms with E-state index < -0.39 is 11.8 Å². The second-order valence-electron chi connectivity index (χ2n) is 8.85. The van der Waals surface area contributed by atoms with Gasteiger partial charge in [-0.15, -0.1) is 0 Å². The number of hydrogen-bond donors (Lipinski definition) is 3. The number of nitrogens with zero attached hydrogens (tertiary/aromatic N) is 1. The van der Waals surface area contributed by atoms with Gasteiger partial charge in [-0.05, 0) is 60.4 Å². The van der Waals surface area contributed by atoms with Gasteiger partial charge in [0.1, 0.15) is 12.4 Å². The summed E-state index contributed by atoms with van der Waals surface area (Å²) in [5.74, 6) is -1.42. The number of amides is 3. The monoisotopic (exact) mass is 498 g/mol. The predicted octanol–water partition coefficient (Wildman–Crippen LogP) is 4.42. The Kier molecular flexibility index (Phi) is 9.02. The molecule has 37 heavy (non-hydrogen) atoms. The first-order chi connectivity index (χ1) is 18.1. The predicted molar refractivity (Wildman–Crippen MR) is 142 cm³/mol. The van der Waals surface area contributed by atoms with E-state index in [0.717, 1.165) is 36.8 Å². The molecule has 3 aromatic carbocycles. The molecule has 8 heteroatoms. The van der Waals surface area contributed by atoms with Crippen LogP contribution in [0.1, 0.15) is 53.6 Å². The van der Waals surface area contributed by atoms with Gasteiger partial charge in [0.05, 0.1) is 17.5 Å². The van der Waals surface area contributed by atoms with Crippen molar-refractivity contribution in [1.29, 1.82) is 0 Å². The van der Waals surface area contributed by atoms with Crippen LogP contribution in [0.4, 0.5) is 5.69 Å². The second-order valence-corrected chi connectivity index (χ2v) is 8.85. The second kappa shape index (κ2) is 13.0. The van der Waals surface area contributed by atoms with Crippen molar-refractivity contribution < 1.29 is 19.1 Å². The van der Waals surface area contributed by atoms with Crippen molar-refractivity contribution in [2.75, 3.05) is 5.32 Å². The van der Waals surface area contributed by atoms with Crippen LogP contribution in [0.15, 0.2) is 84.0 Å². The third-order valence-corrected chi connectivity index (χ3v) is 6.07. The molecule has 0 aromatic heterocycles. The Bertz CT molecular complexity index is 1240. The molecule has 0 spiro atoms. The van der Waals surface area contributed by atoms with Crippen LogP contribution in [0, 0.1) is 0 Å². The first-order valence-electron chi connectivity index (χ1n) is 12.4. The van der Waals surface area contributed by atoms with Crippen molar-refractivity contribution in [3.8, 4) is 5.75 Å². The van der Waals surface area contributed by atoms with Crippen LogP contribution in [-0.4, -0.2) is 30.0 Å². The van der Waals surface area contributed by atoms with E-state index in [1.54, 1.807) is 48.5 Å². The van der Waals surface area contributed by atoms with E-state index in [1.165, 1.54) is 12.6 Å². The van der Waals surface area contributed by atoms with Crippen molar-refractivity contribution in [3.63, 3.8) is 0 Å². The molecule has 0 atom stereocenters. The molecule has 0 bridgehead atoms. The number of para-hydroxylation sites is 1. The van der Waals surface area contributed by atoms with Gasteiger partial charge in [-0.25, -0.2) is 5.43 Å². The van der Waals surface area contributed by atoms with E-state index in [2.05, 4.69) is 21.2 Å². The molecule has 0 radical (unpaired) electrons. The van der Waals surface area contributed by atoms with Crippen molar-refractivity contribution in [1.82, 2.24) is 10.7 Å². The average Bonchev–Trinajstić information content (AvgIpc) is 2.94. The molecular formula is C29H30N4O4. The first-order valence-corrected chi connectivity index (χ1v) is 12.4. The van der Waals surface area contributed by atoms with Gasteiger partial charge in [-0.2, -0.15) is 5.10 Å². The number of rotatable bonds is 8. The highest BCUT2D eigenvalue weighted by Gasteiger charge is 2.20. The number of benzene rings is 3. The molecule has 0 saturated heterocycles. The summed E-state index contributed by atoms with van der Waals surface area (Å²) >= 11 is 0. The van der Waals surface area contributed by atoms with Crippen LogP contribution < -0.4 is 20.8 Å². The molecule has 0 aliphatic heterocycles. The molecule has 1 saturated carbocycles. The van der Waals surface area contributed by atoms with Crippen LogP contribution in [0.3, 0.4) is 0 Å². The van der Waals surface area contributed by atoms with E-state index in [-0.39, 0.29) is 17.6 Å². The van der Waals surface area contributed by atoms with Crippen molar-refractivity contribution in [2.45, 2.75) is 44.8 Å². The zero-order valence-electron chi connectivity index (χ0n) is 20.5. The molecule has 1 fully saturated rings. The fourth-order valence-corrected chi connectivity index (χ4v) is 4.09. The van der Waals surface area contributed by atoms with E-state index >= 15 is 0 Å². The van der Waals surface area contributed by atoms with E-state index in [4.69, 9.17) is 4.74 Å². The number of hydrogen-bond acceptors (Lipinski definition) is 5. The molecule has 8 nitrogen and oxygen atoms in total. The number of anilines is 1. The van der Waals surface area contributed by atoms with Crippen LogP contribution >= 0.6 is 0 Å². The van der Waals surface area contributed by atoms with Gasteiger partial charge < -0.3 is 15.4 Å². The van der Waals surface area contributed by atoms with Gasteiger partial charge in [0.15, 0.2) is 0 Å². The smallest absolute Gasteiger partial charge is 0.329 e. The van der Waals surface area contributed by atoms with Gasteiger partial charge in [0.25, 0.3) is 5.91 Å². The van der Waals surface area contributed by atoms with Crippen LogP contribution in [0.5, 0.6) is 5.75 Å². The quantitative estimate of drug-likeness (QED) is 0.243. The van der Waals surface area contributed by atoms with Crippen LogP contribution in [0.25, 0.3) is 0 Å². The molecule has 1 aliphatic rings. The Labute approximate surface area is 216 Å². The topological polar surface area (TPSA) is 109 Å². The lowest BCUT2D eigenvalue weighted by atomic mass is 9.95. The highest BCUT2D eigenvalue weighted by Crippen LogP contribution is 2.20. The van der Waals surface area contributed by atoms with E-state index in [1.807, 2.05) is 30.3 Å². The number of ether oxygens (including phenoxy) is 1. The molecule has 0 unspecified atom stereocenters. The van der Waals surface area contributed by atoms with Gasteiger partial charge in [-0.3, -0.25) is 14.4 Å². The summed E-state index contributed by atoms with van der Waals surface area (Å²) in [5, 5.41) is 9.39. The van der Waals surface area contributed by atoms with Gasteiger partial charge in [0.2, 0.25) is 0 Å². The van der Waals surface area contributed by atoms with E-state index in [0.29, 0.717) is 17.9 Å². The molecule has 190 valence electrons. The molecular weight excluding hydrogens is 468 g/mol. The standard InChI is InChI=1S/C29H30N4O4/c34-27(31-23-11-5-2-6-12-23)25-13-7-8-14-26(25)32-28(35)29(36)33-30-19-21-15-17-24(18-16-21)37-20-22-9-3-1-4-10-22/h1,3-4,7-10,13-19,23H,2,5-6,11-12,20H2,(H,31,34)(H,32,35)(H,33,36)/b30-19-. The zero-order chi connectivity index (χ0) is 25.9. The first kappa shape index (κ1) is 25.6. The third-order valence-electron chi connectivity index (χ3n) is 6.07. The normalized spacial score (nSPS) is 13.6. The zero-order valence-corrected chi connectivity index (χ0v) is 20.5. The molecule has 0 heterocycles. The number of carbonyl (C=O) groups is 3. The van der Waals surface area contributed by atoms with Gasteiger partial charge in [-0.1, -0.05) is 61.7 Å². The fraction of sp³-hybridized carbons (Fsp3) is 0.241. The summed E-state index contributed by atoms with van der Waals surface area (Å²) in [6.07, 6.45) is 6.70. The highest BCUT2D eigenvalue weighted by molar-refractivity contribution is 6.40. The molecule has 3 amide bonds. The summed E-state index contributed by atoms with van der Waals surface area (Å²) in [4.78, 5) is 37.4. The molecule has 4 rings (SSSR count). The van der Waals surface area contributed by atoms with Crippen molar-refractivity contribution >= 4 is 29.6 Å². The summed E-state index contributed by atoms with van der Waals surface area (Å²) in [6.45, 7) is 0.463. The Balaban J connectivity index is 1.26. The van der Waals surface area contributed by atoms with Crippen molar-refractivity contribution in [3.05, 3.63) is 95.6 Å². The number of hydrazone groups is 1. The Hall–Kier alpha value is -4.46. The number of carbonyl (C=O) groups excluding carboxylic acids is 3. The Morgan fingerprint density at radius 2 is 1.54 bits per heavy atom. The average molecular weight is 499 g/mol. The maximum absolute atomic E-state index is 12.8. The number of nitrogens with one attached hydrogen (secondary N) is 3. The Morgan fingerprint density at radius 3 is 2.30 bits per heavy atom. The van der Waals surface area contributed by atoms with Crippen LogP contribution in [-0.2, 0) is 16.2 Å². The molecule has 3 N–H and O–H groups in total. The van der Waals surface area contributed by atoms with Gasteiger partial charge in [0, 0.05) is 6.04 Å². The lowest BCUT2D eigenvalue weighted by molar-refractivity contribution is -0.136. The van der Waals surface area contributed by atoms with Gasteiger partial charge >= 0.3 is 11.8 Å². The molecule has 1 aliphatic carbocycles. The minimum absolute atomic E-state index is 0.132. The minimum Gasteiger partial charge on any atom is -0.489 e. The Morgan fingerprint density at radius 1 is 0.838 bits per heavy atom. The highest BCUT2D eigenvalue weighted by atomic mass is 16.5. The maximum Gasteiger partial charge on any atom is 0.329 e. The fourth-order valence-electron chi connectivity index (χ4n) is 4.09. The minimum atomic E-state index is -0.943. The summed E-state index contributed by atoms with van der Waals surface area (Å²) < 4.78 is 5.75. The van der Waals surface area contributed by atoms with Crippen molar-refractivity contribution in [2.24, 2.45) is 5.10 Å². The summed E-state index contributed by atoms with van der Waals surface area (Å²) in [5.41, 5.74) is 4.59.